The number of nitriles is 1. The minimum atomic E-state index is -0.480. The fraction of sp³-hybridized carbons (Fsp3) is 0.214. The van der Waals surface area contributed by atoms with Crippen molar-refractivity contribution in [1.29, 1.82) is 5.26 Å². The molecule has 7 nitrogen and oxygen atoms in total. The minimum absolute atomic E-state index is 0.0173. The van der Waals surface area contributed by atoms with Crippen LogP contribution in [-0.4, -0.2) is 20.5 Å². The van der Waals surface area contributed by atoms with E-state index in [9.17, 15) is 14.9 Å². The van der Waals surface area contributed by atoms with E-state index in [2.05, 4.69) is 5.10 Å². The lowest BCUT2D eigenvalue weighted by Crippen LogP contribution is -2.13. The Morgan fingerprint density at radius 1 is 1.29 bits per heavy atom. The highest BCUT2D eigenvalue weighted by Crippen LogP contribution is 2.27. The molecule has 1 aliphatic carbocycles. The molecule has 0 saturated heterocycles. The zero-order chi connectivity index (χ0) is 15.0. The highest BCUT2D eigenvalue weighted by atomic mass is 16.6. The van der Waals surface area contributed by atoms with Gasteiger partial charge < -0.3 is 0 Å². The molecule has 0 saturated carbocycles. The average Bonchev–Trinajstić information content (AvgIpc) is 2.87. The number of Topliss-reactive ketones (excluding diaryl/α,β-unsaturated/α-hetero) is 1. The van der Waals surface area contributed by atoms with Crippen molar-refractivity contribution in [2.24, 2.45) is 0 Å². The number of carbonyl (C=O) groups is 1. The van der Waals surface area contributed by atoms with Crippen molar-refractivity contribution in [3.05, 3.63) is 51.3 Å². The molecule has 0 N–H and O–H groups in total. The van der Waals surface area contributed by atoms with Crippen molar-refractivity contribution < 1.29 is 9.72 Å². The molecular weight excluding hydrogens is 272 g/mol. The molecule has 0 spiro atoms. The third-order valence-corrected chi connectivity index (χ3v) is 3.49. The first kappa shape index (κ1) is 13.0. The largest absolute Gasteiger partial charge is 0.294 e. The standard InChI is InChI=1S/C14H10N4O3/c15-8-11-14-12(2-1-3-13(14)19)17(16-11)9-4-6-10(7-5-9)18(20)21/h4-7H,1-3H2. The van der Waals surface area contributed by atoms with E-state index in [1.54, 1.807) is 12.1 Å². The first-order chi connectivity index (χ1) is 10.1. The van der Waals surface area contributed by atoms with Crippen molar-refractivity contribution in [1.82, 2.24) is 9.78 Å². The maximum atomic E-state index is 12.0. The number of benzene rings is 1. The van der Waals surface area contributed by atoms with Crippen molar-refractivity contribution in [3.8, 4) is 11.8 Å². The minimum Gasteiger partial charge on any atom is -0.294 e. The summed E-state index contributed by atoms with van der Waals surface area (Å²) in [6, 6.07) is 7.82. The molecule has 7 heteroatoms. The van der Waals surface area contributed by atoms with Crippen molar-refractivity contribution in [2.45, 2.75) is 19.3 Å². The molecule has 0 radical (unpaired) electrons. The van der Waals surface area contributed by atoms with Gasteiger partial charge in [-0.05, 0) is 25.0 Å². The highest BCUT2D eigenvalue weighted by Gasteiger charge is 2.27. The predicted octanol–water partition coefficient (Wildman–Crippen LogP) is 2.17. The van der Waals surface area contributed by atoms with Crippen LogP contribution >= 0.6 is 0 Å². The first-order valence-corrected chi connectivity index (χ1v) is 6.42. The van der Waals surface area contributed by atoms with E-state index in [-0.39, 0.29) is 17.2 Å². The molecule has 0 aliphatic heterocycles. The number of rotatable bonds is 2. The van der Waals surface area contributed by atoms with Crippen LogP contribution in [0.4, 0.5) is 5.69 Å². The second-order valence-corrected chi connectivity index (χ2v) is 4.74. The Kier molecular flexibility index (Phi) is 2.99. The van der Waals surface area contributed by atoms with Gasteiger partial charge in [0.15, 0.2) is 11.5 Å². The molecule has 0 atom stereocenters. The first-order valence-electron chi connectivity index (χ1n) is 6.42. The predicted molar refractivity (Wildman–Crippen MR) is 72.2 cm³/mol. The summed E-state index contributed by atoms with van der Waals surface area (Å²) >= 11 is 0. The van der Waals surface area contributed by atoms with E-state index in [0.717, 1.165) is 6.42 Å². The molecule has 0 fully saturated rings. The Labute approximate surface area is 119 Å². The number of nitro benzene ring substituents is 1. The van der Waals surface area contributed by atoms with Crippen LogP contribution in [0.3, 0.4) is 0 Å². The second kappa shape index (κ2) is 4.83. The molecular formula is C14H10N4O3. The van der Waals surface area contributed by atoms with Crippen LogP contribution in [0, 0.1) is 21.4 Å². The quantitative estimate of drug-likeness (QED) is 0.620. The zero-order valence-electron chi connectivity index (χ0n) is 10.9. The van der Waals surface area contributed by atoms with Crippen LogP contribution in [-0.2, 0) is 6.42 Å². The number of carbonyl (C=O) groups excluding carboxylic acids is 1. The smallest absolute Gasteiger partial charge is 0.269 e. The lowest BCUT2D eigenvalue weighted by molar-refractivity contribution is -0.384. The Morgan fingerprint density at radius 3 is 2.62 bits per heavy atom. The van der Waals surface area contributed by atoms with Crippen LogP contribution < -0.4 is 0 Å². The summed E-state index contributed by atoms with van der Waals surface area (Å²) in [4.78, 5) is 22.2. The molecule has 0 unspecified atom stereocenters. The lowest BCUT2D eigenvalue weighted by atomic mass is 9.94. The topological polar surface area (TPSA) is 102 Å². The monoisotopic (exact) mass is 282 g/mol. The Hall–Kier alpha value is -3.01. The number of ketones is 1. The Balaban J connectivity index is 2.13. The van der Waals surface area contributed by atoms with Gasteiger partial charge in [0.25, 0.3) is 5.69 Å². The maximum Gasteiger partial charge on any atom is 0.269 e. The molecule has 21 heavy (non-hydrogen) atoms. The van der Waals surface area contributed by atoms with Crippen LogP contribution in [0.15, 0.2) is 24.3 Å². The van der Waals surface area contributed by atoms with E-state index in [1.807, 2.05) is 6.07 Å². The van der Waals surface area contributed by atoms with Crippen LogP contribution in [0.1, 0.15) is 34.6 Å². The summed E-state index contributed by atoms with van der Waals surface area (Å²) in [6.07, 6.45) is 1.80. The third-order valence-electron chi connectivity index (χ3n) is 3.49. The van der Waals surface area contributed by atoms with Gasteiger partial charge in [0, 0.05) is 18.6 Å². The lowest BCUT2D eigenvalue weighted by Gasteiger charge is -2.12. The molecule has 1 aromatic carbocycles. The fourth-order valence-electron chi connectivity index (χ4n) is 2.53. The van der Waals surface area contributed by atoms with Gasteiger partial charge in [-0.2, -0.15) is 10.4 Å². The number of non-ortho nitro benzene ring substituents is 1. The molecule has 1 aromatic heterocycles. The molecule has 1 heterocycles. The summed E-state index contributed by atoms with van der Waals surface area (Å²) in [7, 11) is 0. The highest BCUT2D eigenvalue weighted by molar-refractivity contribution is 6.00. The number of aromatic nitrogens is 2. The number of hydrogen-bond donors (Lipinski definition) is 0. The average molecular weight is 282 g/mol. The van der Waals surface area contributed by atoms with Crippen LogP contribution in [0.5, 0.6) is 0 Å². The third kappa shape index (κ3) is 2.07. The van der Waals surface area contributed by atoms with E-state index < -0.39 is 4.92 Å². The maximum absolute atomic E-state index is 12.0. The molecule has 104 valence electrons. The number of nitrogens with zero attached hydrogens (tertiary/aromatic N) is 4. The van der Waals surface area contributed by atoms with E-state index >= 15 is 0 Å². The van der Waals surface area contributed by atoms with Gasteiger partial charge in [-0.1, -0.05) is 0 Å². The van der Waals surface area contributed by atoms with Gasteiger partial charge in [-0.3, -0.25) is 14.9 Å². The Bertz CT molecular complexity index is 784. The summed E-state index contributed by atoms with van der Waals surface area (Å²) in [5, 5.41) is 24.0. The summed E-state index contributed by atoms with van der Waals surface area (Å²) < 4.78 is 1.54. The normalized spacial score (nSPS) is 13.6. The molecule has 1 aliphatic rings. The fourth-order valence-corrected chi connectivity index (χ4v) is 2.53. The van der Waals surface area contributed by atoms with E-state index in [4.69, 9.17) is 5.26 Å². The molecule has 0 bridgehead atoms. The zero-order valence-corrected chi connectivity index (χ0v) is 10.9. The Morgan fingerprint density at radius 2 is 2.00 bits per heavy atom. The molecule has 3 rings (SSSR count). The number of hydrogen-bond acceptors (Lipinski definition) is 5. The molecule has 2 aromatic rings. The summed E-state index contributed by atoms with van der Waals surface area (Å²) in [5.74, 6) is -0.0686. The summed E-state index contributed by atoms with van der Waals surface area (Å²) in [6.45, 7) is 0. The van der Waals surface area contributed by atoms with Gasteiger partial charge in [-0.15, -0.1) is 0 Å². The van der Waals surface area contributed by atoms with Crippen molar-refractivity contribution >= 4 is 11.5 Å². The number of fused-ring (bicyclic) bond motifs is 1. The van der Waals surface area contributed by atoms with Crippen LogP contribution in [0.2, 0.25) is 0 Å². The van der Waals surface area contributed by atoms with Gasteiger partial charge in [0.2, 0.25) is 0 Å². The summed E-state index contributed by atoms with van der Waals surface area (Å²) in [5.41, 5.74) is 1.80. The van der Waals surface area contributed by atoms with Gasteiger partial charge in [-0.25, -0.2) is 4.68 Å². The van der Waals surface area contributed by atoms with Gasteiger partial charge in [0.1, 0.15) is 6.07 Å². The van der Waals surface area contributed by atoms with Gasteiger partial charge >= 0.3 is 0 Å². The van der Waals surface area contributed by atoms with Crippen molar-refractivity contribution in [2.75, 3.05) is 0 Å². The SMILES string of the molecule is N#Cc1nn(-c2ccc([N+](=O)[O-])cc2)c2c1C(=O)CCC2. The van der Waals surface area contributed by atoms with Gasteiger partial charge in [0.05, 0.1) is 21.9 Å². The van der Waals surface area contributed by atoms with Crippen molar-refractivity contribution in [3.63, 3.8) is 0 Å². The molecule has 0 amide bonds. The number of nitro groups is 1. The van der Waals surface area contributed by atoms with E-state index in [0.29, 0.717) is 29.8 Å². The van der Waals surface area contributed by atoms with E-state index in [1.165, 1.54) is 16.8 Å². The van der Waals surface area contributed by atoms with Crippen LogP contribution in [0.25, 0.3) is 5.69 Å². The second-order valence-electron chi connectivity index (χ2n) is 4.74.